The van der Waals surface area contributed by atoms with Crippen LogP contribution in [0.5, 0.6) is 0 Å². The fraction of sp³-hybridized carbons (Fsp3) is 0.867. The predicted octanol–water partition coefficient (Wildman–Crippen LogP) is 6.89. The molecule has 0 aromatic rings. The van der Waals surface area contributed by atoms with Crippen molar-refractivity contribution in [1.29, 1.82) is 0 Å². The van der Waals surface area contributed by atoms with Gasteiger partial charge in [-0.1, -0.05) is 40.7 Å². The summed E-state index contributed by atoms with van der Waals surface area (Å²) in [6.07, 6.45) is 14.2. The molecule has 0 aromatic carbocycles. The molecule has 0 bridgehead atoms. The summed E-state index contributed by atoms with van der Waals surface area (Å²) in [7, 11) is 0. The van der Waals surface area contributed by atoms with Gasteiger partial charge < -0.3 is 4.74 Å². The molecule has 5 aliphatic carbocycles. The molecule has 1 heterocycles. The number of cyclic esters (lactones) is 1. The highest BCUT2D eigenvalue weighted by molar-refractivity contribution is 5.88. The zero-order chi connectivity index (χ0) is 23.6. The number of fused-ring (bicyclic) bond motifs is 2. The lowest BCUT2D eigenvalue weighted by atomic mass is 9.42. The van der Waals surface area contributed by atoms with Crippen LogP contribution in [0.25, 0.3) is 0 Å². The van der Waals surface area contributed by atoms with Gasteiger partial charge >= 0.3 is 5.97 Å². The van der Waals surface area contributed by atoms with Crippen molar-refractivity contribution < 1.29 is 14.3 Å². The van der Waals surface area contributed by atoms with E-state index in [0.717, 1.165) is 30.8 Å². The van der Waals surface area contributed by atoms with E-state index in [1.165, 1.54) is 44.9 Å². The van der Waals surface area contributed by atoms with E-state index in [4.69, 9.17) is 4.74 Å². The van der Waals surface area contributed by atoms with E-state index in [-0.39, 0.29) is 17.5 Å². The van der Waals surface area contributed by atoms with Crippen LogP contribution in [0.1, 0.15) is 106 Å². The summed E-state index contributed by atoms with van der Waals surface area (Å²) in [6, 6.07) is 0. The summed E-state index contributed by atoms with van der Waals surface area (Å²) in [5, 5.41) is 0. The SMILES string of the molecule is CC1=CCC(C(C)C2CCC3(C)C4CCC5C(C)(C)C(=O)CCC56CC46CCC23C)OC1=O. The quantitative estimate of drug-likeness (QED) is 0.428. The summed E-state index contributed by atoms with van der Waals surface area (Å²) in [5.41, 5.74) is 2.28. The molecule has 0 radical (unpaired) electrons. The van der Waals surface area contributed by atoms with Crippen molar-refractivity contribution >= 4 is 11.8 Å². The van der Waals surface area contributed by atoms with Crippen LogP contribution in [0.15, 0.2) is 11.6 Å². The van der Waals surface area contributed by atoms with E-state index in [1.54, 1.807) is 0 Å². The Labute approximate surface area is 200 Å². The molecule has 5 fully saturated rings. The molecule has 182 valence electrons. The Kier molecular flexibility index (Phi) is 4.44. The van der Waals surface area contributed by atoms with Crippen molar-refractivity contribution in [2.45, 2.75) is 112 Å². The first kappa shape index (κ1) is 22.4. The molecule has 0 amide bonds. The molecule has 0 saturated heterocycles. The van der Waals surface area contributed by atoms with E-state index in [2.05, 4.69) is 40.7 Å². The van der Waals surface area contributed by atoms with Gasteiger partial charge in [-0.25, -0.2) is 4.79 Å². The van der Waals surface area contributed by atoms with Crippen molar-refractivity contribution in [1.82, 2.24) is 0 Å². The highest BCUT2D eigenvalue weighted by Crippen LogP contribution is 2.88. The van der Waals surface area contributed by atoms with Gasteiger partial charge in [-0.15, -0.1) is 0 Å². The second-order valence-corrected chi connectivity index (χ2v) is 14.2. The lowest BCUT2D eigenvalue weighted by Crippen LogP contribution is -2.57. The maximum atomic E-state index is 12.9. The Balaban J connectivity index is 1.30. The molecule has 0 N–H and O–H groups in total. The lowest BCUT2D eigenvalue weighted by molar-refractivity contribution is -0.162. The van der Waals surface area contributed by atoms with Crippen LogP contribution in [0.3, 0.4) is 0 Å². The smallest absolute Gasteiger partial charge is 0.333 e. The van der Waals surface area contributed by atoms with Gasteiger partial charge in [-0.05, 0) is 104 Å². The van der Waals surface area contributed by atoms with E-state index in [1.807, 2.05) is 6.92 Å². The molecule has 6 rings (SSSR count). The maximum Gasteiger partial charge on any atom is 0.333 e. The number of ketones is 1. The zero-order valence-corrected chi connectivity index (χ0v) is 21.8. The molecular formula is C30H44O3. The number of rotatable bonds is 2. The van der Waals surface area contributed by atoms with Gasteiger partial charge in [0.2, 0.25) is 0 Å². The Morgan fingerprint density at radius 3 is 2.33 bits per heavy atom. The Morgan fingerprint density at radius 2 is 1.61 bits per heavy atom. The lowest BCUT2D eigenvalue weighted by Gasteiger charge is -2.62. The summed E-state index contributed by atoms with van der Waals surface area (Å²) in [6.45, 7) is 14.0. The van der Waals surface area contributed by atoms with E-state index in [9.17, 15) is 9.59 Å². The number of ether oxygens (including phenoxy) is 1. The van der Waals surface area contributed by atoms with Crippen LogP contribution in [-0.2, 0) is 14.3 Å². The molecule has 6 aliphatic rings. The molecule has 33 heavy (non-hydrogen) atoms. The predicted molar refractivity (Wildman–Crippen MR) is 129 cm³/mol. The Morgan fingerprint density at radius 1 is 0.909 bits per heavy atom. The van der Waals surface area contributed by atoms with E-state index < -0.39 is 0 Å². The van der Waals surface area contributed by atoms with Crippen LogP contribution in [-0.4, -0.2) is 17.9 Å². The number of hydrogen-bond donors (Lipinski definition) is 0. The highest BCUT2D eigenvalue weighted by atomic mass is 16.5. The van der Waals surface area contributed by atoms with Crippen LogP contribution >= 0.6 is 0 Å². The van der Waals surface area contributed by atoms with Crippen LogP contribution in [0, 0.1) is 50.7 Å². The minimum absolute atomic E-state index is 0.0365. The molecule has 5 saturated carbocycles. The van der Waals surface area contributed by atoms with Crippen molar-refractivity contribution in [3.8, 4) is 0 Å². The van der Waals surface area contributed by atoms with Crippen molar-refractivity contribution in [2.75, 3.05) is 0 Å². The third-order valence-electron chi connectivity index (χ3n) is 13.4. The summed E-state index contributed by atoms with van der Waals surface area (Å²) in [4.78, 5) is 25.1. The second kappa shape index (κ2) is 6.55. The van der Waals surface area contributed by atoms with Gasteiger partial charge in [0, 0.05) is 23.8 Å². The van der Waals surface area contributed by atoms with Crippen LogP contribution in [0.4, 0.5) is 0 Å². The summed E-state index contributed by atoms with van der Waals surface area (Å²) in [5.74, 6) is 2.85. The van der Waals surface area contributed by atoms with Crippen LogP contribution in [0.2, 0.25) is 0 Å². The monoisotopic (exact) mass is 452 g/mol. The van der Waals surface area contributed by atoms with Crippen molar-refractivity contribution in [3.63, 3.8) is 0 Å². The largest absolute Gasteiger partial charge is 0.458 e. The van der Waals surface area contributed by atoms with Crippen LogP contribution < -0.4 is 0 Å². The molecule has 2 spiro atoms. The first-order valence-corrected chi connectivity index (χ1v) is 13.8. The first-order valence-electron chi connectivity index (χ1n) is 13.8. The zero-order valence-electron chi connectivity index (χ0n) is 21.8. The first-order chi connectivity index (χ1) is 15.4. The minimum Gasteiger partial charge on any atom is -0.458 e. The van der Waals surface area contributed by atoms with Gasteiger partial charge in [-0.2, -0.15) is 0 Å². The molecule has 3 nitrogen and oxygen atoms in total. The average molecular weight is 453 g/mol. The summed E-state index contributed by atoms with van der Waals surface area (Å²) >= 11 is 0. The Hall–Kier alpha value is -1.12. The van der Waals surface area contributed by atoms with E-state index in [0.29, 0.717) is 45.2 Å². The minimum atomic E-state index is -0.127. The summed E-state index contributed by atoms with van der Waals surface area (Å²) < 4.78 is 5.93. The third kappa shape index (κ3) is 2.48. The van der Waals surface area contributed by atoms with Crippen molar-refractivity contribution in [2.24, 2.45) is 50.7 Å². The topological polar surface area (TPSA) is 43.4 Å². The van der Waals surface area contributed by atoms with Crippen molar-refractivity contribution in [3.05, 3.63) is 11.6 Å². The number of esters is 1. The highest BCUT2D eigenvalue weighted by Gasteiger charge is 2.82. The number of carbonyl (C=O) groups excluding carboxylic acids is 2. The molecule has 1 aliphatic heterocycles. The van der Waals surface area contributed by atoms with Gasteiger partial charge in [-0.3, -0.25) is 4.79 Å². The number of Topliss-reactive ketones (excluding diaryl/α,β-unsaturated/α-hetero) is 1. The average Bonchev–Trinajstić information content (AvgIpc) is 3.35. The fourth-order valence-corrected chi connectivity index (χ4v) is 11.3. The normalized spacial score (nSPS) is 53.1. The molecule has 3 heteroatoms. The standard InChI is InChI=1S/C30H44O3/c1-18-7-8-21(33-25(18)32)19(2)20-11-13-28(6)23-10-9-22-26(3,4)24(31)12-14-29(22)17-30(23,29)16-15-27(20,28)5/h7,19-23H,8-17H2,1-6H3. The number of carbonyl (C=O) groups is 2. The Bertz CT molecular complexity index is 946. The van der Waals surface area contributed by atoms with Gasteiger partial charge in [0.25, 0.3) is 0 Å². The number of hydrogen-bond acceptors (Lipinski definition) is 3. The third-order valence-corrected chi connectivity index (χ3v) is 13.4. The second-order valence-electron chi connectivity index (χ2n) is 14.2. The van der Waals surface area contributed by atoms with Gasteiger partial charge in [0.1, 0.15) is 11.9 Å². The fourth-order valence-electron chi connectivity index (χ4n) is 11.3. The molecule has 0 aromatic heterocycles. The molecule has 9 unspecified atom stereocenters. The molecule has 9 atom stereocenters. The van der Waals surface area contributed by atoms with Gasteiger partial charge in [0.05, 0.1) is 0 Å². The molecular weight excluding hydrogens is 408 g/mol. The maximum absolute atomic E-state index is 12.9. The van der Waals surface area contributed by atoms with E-state index >= 15 is 0 Å². The van der Waals surface area contributed by atoms with Gasteiger partial charge in [0.15, 0.2) is 0 Å².